The van der Waals surface area contributed by atoms with Crippen molar-refractivity contribution in [1.29, 1.82) is 0 Å². The molecule has 3 atom stereocenters. The van der Waals surface area contributed by atoms with E-state index in [-0.39, 0.29) is 0 Å². The average molecular weight is 136 g/mol. The van der Waals surface area contributed by atoms with E-state index in [1.807, 2.05) is 0 Å². The van der Waals surface area contributed by atoms with Crippen LogP contribution in [0.25, 0.3) is 0 Å². The van der Waals surface area contributed by atoms with Crippen molar-refractivity contribution < 1.29 is 0 Å². The number of allylic oxidation sites excluding steroid dienone is 1. The van der Waals surface area contributed by atoms with E-state index in [0.29, 0.717) is 0 Å². The van der Waals surface area contributed by atoms with Crippen molar-refractivity contribution in [3.05, 3.63) is 12.7 Å². The molecular weight excluding hydrogens is 120 g/mol. The molecule has 0 heterocycles. The molecule has 2 rings (SSSR count). The summed E-state index contributed by atoms with van der Waals surface area (Å²) in [5.74, 6) is 2.83. The lowest BCUT2D eigenvalue weighted by Crippen LogP contribution is -1.93. The first-order valence-corrected chi connectivity index (χ1v) is 4.33. The highest BCUT2D eigenvalue weighted by molar-refractivity contribution is 5.23. The molecule has 0 amide bonds. The minimum atomic E-state index is 0.788. The summed E-state index contributed by atoms with van der Waals surface area (Å²) in [5.41, 5.74) is 0.788. The molecule has 0 radical (unpaired) electrons. The van der Waals surface area contributed by atoms with Crippen LogP contribution in [0, 0.1) is 23.2 Å². The van der Waals surface area contributed by atoms with Crippen molar-refractivity contribution in [2.75, 3.05) is 0 Å². The first-order chi connectivity index (χ1) is 4.70. The normalized spacial score (nSPS) is 49.9. The molecule has 0 N–H and O–H groups in total. The van der Waals surface area contributed by atoms with Crippen LogP contribution in [0.2, 0.25) is 0 Å². The monoisotopic (exact) mass is 136 g/mol. The molecule has 0 heteroatoms. The number of hydrogen-bond acceptors (Lipinski definition) is 0. The summed E-state index contributed by atoms with van der Waals surface area (Å²) in [6.45, 7) is 8.54. The second-order valence-electron chi connectivity index (χ2n) is 4.33. The van der Waals surface area contributed by atoms with E-state index >= 15 is 0 Å². The highest BCUT2D eigenvalue weighted by Gasteiger charge is 2.69. The largest absolute Gasteiger partial charge is 0.103 e. The average Bonchev–Trinajstić information content (AvgIpc) is 2.73. The molecule has 0 saturated heterocycles. The van der Waals surface area contributed by atoms with Crippen LogP contribution in [-0.4, -0.2) is 0 Å². The van der Waals surface area contributed by atoms with Crippen molar-refractivity contribution >= 4 is 0 Å². The Morgan fingerprint density at radius 1 is 1.50 bits per heavy atom. The van der Waals surface area contributed by atoms with Crippen LogP contribution in [0.3, 0.4) is 0 Å². The third kappa shape index (κ3) is 0.624. The zero-order chi connectivity index (χ0) is 7.35. The Morgan fingerprint density at radius 3 is 2.50 bits per heavy atom. The molecule has 56 valence electrons. The Labute approximate surface area is 63.3 Å². The molecule has 0 aliphatic heterocycles. The first-order valence-electron chi connectivity index (χ1n) is 4.33. The van der Waals surface area contributed by atoms with Crippen LogP contribution in [0.15, 0.2) is 12.7 Å². The zero-order valence-corrected chi connectivity index (χ0v) is 6.93. The molecule has 2 fully saturated rings. The fourth-order valence-corrected chi connectivity index (χ4v) is 2.58. The van der Waals surface area contributed by atoms with Gasteiger partial charge < -0.3 is 0 Å². The van der Waals surface area contributed by atoms with Crippen LogP contribution < -0.4 is 0 Å². The summed E-state index contributed by atoms with van der Waals surface area (Å²) >= 11 is 0. The topological polar surface area (TPSA) is 0 Å². The molecule has 2 aliphatic carbocycles. The van der Waals surface area contributed by atoms with E-state index in [4.69, 9.17) is 0 Å². The van der Waals surface area contributed by atoms with E-state index in [9.17, 15) is 0 Å². The van der Waals surface area contributed by atoms with Gasteiger partial charge in [0.25, 0.3) is 0 Å². The second-order valence-corrected chi connectivity index (χ2v) is 4.33. The van der Waals surface area contributed by atoms with Crippen LogP contribution in [0.1, 0.15) is 26.7 Å². The number of rotatable bonds is 2. The van der Waals surface area contributed by atoms with Gasteiger partial charge in [0.15, 0.2) is 0 Å². The van der Waals surface area contributed by atoms with Gasteiger partial charge in [0.05, 0.1) is 0 Å². The van der Waals surface area contributed by atoms with E-state index in [1.165, 1.54) is 12.8 Å². The van der Waals surface area contributed by atoms with Gasteiger partial charge in [-0.25, -0.2) is 0 Å². The lowest BCUT2D eigenvalue weighted by molar-refractivity contribution is 0.503. The maximum atomic E-state index is 3.85. The zero-order valence-electron chi connectivity index (χ0n) is 6.93. The Morgan fingerprint density at radius 2 is 2.20 bits per heavy atom. The Hall–Kier alpha value is -0.260. The predicted molar refractivity (Wildman–Crippen MR) is 43.7 cm³/mol. The van der Waals surface area contributed by atoms with Crippen molar-refractivity contribution in [2.45, 2.75) is 26.7 Å². The van der Waals surface area contributed by atoms with E-state index < -0.39 is 0 Å². The minimum absolute atomic E-state index is 0.788. The molecular formula is C10H16. The van der Waals surface area contributed by atoms with Crippen molar-refractivity contribution in [3.8, 4) is 0 Å². The van der Waals surface area contributed by atoms with Gasteiger partial charge in [-0.1, -0.05) is 19.9 Å². The standard InChI is InChI=1S/C10H16/c1-4-8-5-10(8)6-9(10)7(2)3/h4,7-9H,1,5-6H2,2-3H3. The summed E-state index contributed by atoms with van der Waals surface area (Å²) in [6.07, 6.45) is 5.09. The van der Waals surface area contributed by atoms with Crippen LogP contribution >= 0.6 is 0 Å². The van der Waals surface area contributed by atoms with Crippen LogP contribution in [0.5, 0.6) is 0 Å². The van der Waals surface area contributed by atoms with Gasteiger partial charge in [0, 0.05) is 0 Å². The van der Waals surface area contributed by atoms with E-state index in [2.05, 4.69) is 26.5 Å². The van der Waals surface area contributed by atoms with Gasteiger partial charge in [-0.2, -0.15) is 0 Å². The Kier molecular flexibility index (Phi) is 1.07. The third-order valence-electron chi connectivity index (χ3n) is 3.45. The predicted octanol–water partition coefficient (Wildman–Crippen LogP) is 2.85. The lowest BCUT2D eigenvalue weighted by atomic mass is 10.1. The maximum absolute atomic E-state index is 3.85. The second kappa shape index (κ2) is 1.66. The highest BCUT2D eigenvalue weighted by atomic mass is 14.7. The van der Waals surface area contributed by atoms with E-state index in [0.717, 1.165) is 23.2 Å². The van der Waals surface area contributed by atoms with Gasteiger partial charge >= 0.3 is 0 Å². The molecule has 3 unspecified atom stereocenters. The van der Waals surface area contributed by atoms with Crippen molar-refractivity contribution in [3.63, 3.8) is 0 Å². The molecule has 10 heavy (non-hydrogen) atoms. The van der Waals surface area contributed by atoms with Gasteiger partial charge in [-0.15, -0.1) is 6.58 Å². The SMILES string of the molecule is C=CC1CC12CC2C(C)C. The molecule has 0 bridgehead atoms. The summed E-state index contributed by atoms with van der Waals surface area (Å²) in [4.78, 5) is 0. The molecule has 0 aromatic carbocycles. The highest BCUT2D eigenvalue weighted by Crippen LogP contribution is 2.76. The summed E-state index contributed by atoms with van der Waals surface area (Å²) < 4.78 is 0. The van der Waals surface area contributed by atoms with Gasteiger partial charge in [-0.3, -0.25) is 0 Å². The van der Waals surface area contributed by atoms with Crippen molar-refractivity contribution in [2.24, 2.45) is 23.2 Å². The van der Waals surface area contributed by atoms with Crippen LogP contribution in [-0.2, 0) is 0 Å². The van der Waals surface area contributed by atoms with Crippen LogP contribution in [0.4, 0.5) is 0 Å². The first kappa shape index (κ1) is 6.45. The molecule has 0 nitrogen and oxygen atoms in total. The van der Waals surface area contributed by atoms with Gasteiger partial charge in [0.1, 0.15) is 0 Å². The number of hydrogen-bond donors (Lipinski definition) is 0. The van der Waals surface area contributed by atoms with E-state index in [1.54, 1.807) is 0 Å². The summed E-state index contributed by atoms with van der Waals surface area (Å²) in [5, 5.41) is 0. The van der Waals surface area contributed by atoms with Crippen molar-refractivity contribution in [1.82, 2.24) is 0 Å². The smallest absolute Gasteiger partial charge is 0.0171 e. The summed E-state index contributed by atoms with van der Waals surface area (Å²) in [7, 11) is 0. The fourth-order valence-electron chi connectivity index (χ4n) is 2.58. The maximum Gasteiger partial charge on any atom is -0.0171 e. The Balaban J connectivity index is 1.97. The molecule has 2 aliphatic rings. The quantitative estimate of drug-likeness (QED) is 0.512. The van der Waals surface area contributed by atoms with Gasteiger partial charge in [0.2, 0.25) is 0 Å². The molecule has 0 aromatic rings. The minimum Gasteiger partial charge on any atom is -0.103 e. The Bertz CT molecular complexity index is 169. The summed E-state index contributed by atoms with van der Waals surface area (Å²) in [6, 6.07) is 0. The molecule has 2 saturated carbocycles. The third-order valence-corrected chi connectivity index (χ3v) is 3.45. The fraction of sp³-hybridized carbons (Fsp3) is 0.800. The van der Waals surface area contributed by atoms with Gasteiger partial charge in [-0.05, 0) is 36.0 Å². The lowest BCUT2D eigenvalue weighted by Gasteiger charge is -1.99. The molecule has 0 aromatic heterocycles. The molecule has 1 spiro atoms.